The maximum atomic E-state index is 14.6. The first-order valence-electron chi connectivity index (χ1n) is 11.0. The van der Waals surface area contributed by atoms with Crippen LogP contribution in [0.25, 0.3) is 22.6 Å². The summed E-state index contributed by atoms with van der Waals surface area (Å²) < 4.78 is 19.9. The highest BCUT2D eigenvalue weighted by atomic mass is 35.5. The predicted molar refractivity (Wildman–Crippen MR) is 120 cm³/mol. The molecule has 33 heavy (non-hydrogen) atoms. The molecule has 174 valence electrons. The molecular formula is C21H24ClFN8O2. The van der Waals surface area contributed by atoms with Crippen molar-refractivity contribution in [2.75, 3.05) is 31.6 Å². The second-order valence-electron chi connectivity index (χ2n) is 8.27. The zero-order valence-electron chi connectivity index (χ0n) is 17.9. The number of hydrogen-bond acceptors (Lipinski definition) is 7. The third kappa shape index (κ3) is 4.83. The number of amides is 2. The van der Waals surface area contributed by atoms with Crippen molar-refractivity contribution >= 4 is 34.5 Å². The molecule has 1 unspecified atom stereocenters. The van der Waals surface area contributed by atoms with Crippen molar-refractivity contribution in [3.8, 4) is 11.5 Å². The number of hydrogen-bond donors (Lipinski definition) is 3. The molecule has 0 spiro atoms. The van der Waals surface area contributed by atoms with Crippen LogP contribution >= 0.6 is 11.6 Å². The quantitative estimate of drug-likeness (QED) is 0.531. The molecular weight excluding hydrogens is 451 g/mol. The fourth-order valence-electron chi connectivity index (χ4n) is 4.31. The van der Waals surface area contributed by atoms with E-state index >= 15 is 0 Å². The van der Waals surface area contributed by atoms with Crippen molar-refractivity contribution in [1.82, 2.24) is 35.4 Å². The number of morpholine rings is 1. The molecule has 2 fully saturated rings. The topological polar surface area (TPSA) is 121 Å². The van der Waals surface area contributed by atoms with Gasteiger partial charge in [-0.3, -0.25) is 5.10 Å². The number of anilines is 1. The summed E-state index contributed by atoms with van der Waals surface area (Å²) in [7, 11) is 0. The van der Waals surface area contributed by atoms with Crippen LogP contribution in [0.1, 0.15) is 25.7 Å². The van der Waals surface area contributed by atoms with Crippen LogP contribution in [0, 0.1) is 5.82 Å². The Morgan fingerprint density at radius 2 is 2.03 bits per heavy atom. The Labute approximate surface area is 194 Å². The summed E-state index contributed by atoms with van der Waals surface area (Å²) in [6, 6.07) is 1.63. The van der Waals surface area contributed by atoms with E-state index in [-0.39, 0.29) is 29.8 Å². The number of carbonyl (C=O) groups excluding carboxylic acids is 1. The molecule has 3 N–H and O–H groups in total. The van der Waals surface area contributed by atoms with Gasteiger partial charge in [-0.05, 0) is 31.7 Å². The number of urea groups is 1. The molecule has 1 saturated carbocycles. The summed E-state index contributed by atoms with van der Waals surface area (Å²) >= 11 is 6.06. The maximum Gasteiger partial charge on any atom is 0.317 e. The van der Waals surface area contributed by atoms with E-state index < -0.39 is 5.82 Å². The molecule has 1 saturated heterocycles. The first-order chi connectivity index (χ1) is 16.1. The Bertz CT molecular complexity index is 1150. The van der Waals surface area contributed by atoms with Gasteiger partial charge >= 0.3 is 6.03 Å². The van der Waals surface area contributed by atoms with Gasteiger partial charge in [-0.15, -0.1) is 0 Å². The number of nitrogens with one attached hydrogen (secondary N) is 3. The van der Waals surface area contributed by atoms with Gasteiger partial charge in [-0.25, -0.2) is 24.1 Å². The number of aromatic nitrogens is 5. The van der Waals surface area contributed by atoms with Crippen LogP contribution in [0.2, 0.25) is 5.02 Å². The lowest BCUT2D eigenvalue weighted by Crippen LogP contribution is -2.51. The van der Waals surface area contributed by atoms with Gasteiger partial charge in [0, 0.05) is 31.4 Å². The standard InChI is InChI=1S/C21H24ClFN8O2/c22-12-8-15-17(29-30-18(15)24-10-12)20-25-11-16(23)19(28-20)26-13-2-1-3-14(9-13)27-21(32)31-4-6-33-7-5-31/h8,10-11,13-14H,1-7,9H2,(H,27,32)(H,24,29,30)(H,25,26,28)/t13?,14-/m1/s1. The normalized spacial score (nSPS) is 21.2. The van der Waals surface area contributed by atoms with E-state index in [0.717, 1.165) is 25.5 Å². The Morgan fingerprint density at radius 3 is 2.88 bits per heavy atom. The van der Waals surface area contributed by atoms with E-state index in [1.165, 1.54) is 6.20 Å². The molecule has 10 nitrogen and oxygen atoms in total. The third-order valence-electron chi connectivity index (χ3n) is 5.98. The summed E-state index contributed by atoms with van der Waals surface area (Å²) in [5.74, 6) is -0.173. The molecule has 0 radical (unpaired) electrons. The van der Waals surface area contributed by atoms with Crippen LogP contribution in [0.5, 0.6) is 0 Å². The zero-order chi connectivity index (χ0) is 22.8. The van der Waals surface area contributed by atoms with Crippen LogP contribution in [0.4, 0.5) is 15.0 Å². The number of carbonyl (C=O) groups is 1. The Morgan fingerprint density at radius 1 is 1.21 bits per heavy atom. The summed E-state index contributed by atoms with van der Waals surface area (Å²) in [5, 5.41) is 14.5. The van der Waals surface area contributed by atoms with Gasteiger partial charge in [0.05, 0.1) is 29.8 Å². The zero-order valence-corrected chi connectivity index (χ0v) is 18.6. The third-order valence-corrected chi connectivity index (χ3v) is 6.19. The number of pyridine rings is 1. The second kappa shape index (κ2) is 9.44. The molecule has 0 aromatic carbocycles. The van der Waals surface area contributed by atoms with Gasteiger partial charge in [0.2, 0.25) is 0 Å². The number of H-pyrrole nitrogens is 1. The molecule has 2 atom stereocenters. The van der Waals surface area contributed by atoms with Crippen molar-refractivity contribution < 1.29 is 13.9 Å². The SMILES string of the molecule is O=C(N[C@@H]1CCCC(Nc2nc(-c3n[nH]c4ncc(Cl)cc34)ncc2F)C1)N1CCOCC1. The van der Waals surface area contributed by atoms with Crippen molar-refractivity contribution in [3.63, 3.8) is 0 Å². The van der Waals surface area contributed by atoms with E-state index in [1.54, 1.807) is 11.0 Å². The first kappa shape index (κ1) is 21.8. The van der Waals surface area contributed by atoms with Gasteiger partial charge in [0.1, 0.15) is 5.69 Å². The Hall–Kier alpha value is -3.05. The average Bonchev–Trinajstić information content (AvgIpc) is 3.24. The molecule has 1 aliphatic carbocycles. The van der Waals surface area contributed by atoms with Gasteiger partial charge in [-0.2, -0.15) is 5.10 Å². The molecule has 2 aliphatic rings. The molecule has 0 bridgehead atoms. The van der Waals surface area contributed by atoms with Gasteiger partial charge in [0.25, 0.3) is 0 Å². The molecule has 3 aromatic heterocycles. The molecule has 2 amide bonds. The van der Waals surface area contributed by atoms with Crippen molar-refractivity contribution in [2.45, 2.75) is 37.8 Å². The number of nitrogens with zero attached hydrogens (tertiary/aromatic N) is 5. The molecule has 1 aliphatic heterocycles. The summed E-state index contributed by atoms with van der Waals surface area (Å²) in [6.07, 6.45) is 5.98. The highest BCUT2D eigenvalue weighted by Gasteiger charge is 2.27. The van der Waals surface area contributed by atoms with Gasteiger partial charge < -0.3 is 20.3 Å². The fourth-order valence-corrected chi connectivity index (χ4v) is 4.47. The van der Waals surface area contributed by atoms with Crippen LogP contribution in [-0.2, 0) is 4.74 Å². The van der Waals surface area contributed by atoms with E-state index in [1.807, 2.05) is 0 Å². The lowest BCUT2D eigenvalue weighted by molar-refractivity contribution is 0.0521. The number of aromatic amines is 1. The highest BCUT2D eigenvalue weighted by Crippen LogP contribution is 2.27. The Kier molecular flexibility index (Phi) is 6.23. The minimum atomic E-state index is -0.547. The first-order valence-corrected chi connectivity index (χ1v) is 11.4. The fraction of sp³-hybridized carbons (Fsp3) is 0.476. The van der Waals surface area contributed by atoms with Crippen LogP contribution in [0.15, 0.2) is 18.5 Å². The van der Waals surface area contributed by atoms with Crippen molar-refractivity contribution in [2.24, 2.45) is 0 Å². The van der Waals surface area contributed by atoms with Crippen LogP contribution < -0.4 is 10.6 Å². The maximum absolute atomic E-state index is 14.6. The van der Waals surface area contributed by atoms with E-state index in [4.69, 9.17) is 16.3 Å². The van der Waals surface area contributed by atoms with E-state index in [2.05, 4.69) is 35.8 Å². The van der Waals surface area contributed by atoms with Gasteiger partial charge in [-0.1, -0.05) is 11.6 Å². The minimum absolute atomic E-state index is 0.0134. The monoisotopic (exact) mass is 474 g/mol. The number of fused-ring (bicyclic) bond motifs is 1. The number of ether oxygens (including phenoxy) is 1. The van der Waals surface area contributed by atoms with Crippen LogP contribution in [0.3, 0.4) is 0 Å². The van der Waals surface area contributed by atoms with Crippen molar-refractivity contribution in [1.29, 1.82) is 0 Å². The largest absolute Gasteiger partial charge is 0.378 e. The van der Waals surface area contributed by atoms with Gasteiger partial charge in [0.15, 0.2) is 23.1 Å². The highest BCUT2D eigenvalue weighted by molar-refractivity contribution is 6.31. The molecule has 4 heterocycles. The number of halogens is 2. The average molecular weight is 475 g/mol. The minimum Gasteiger partial charge on any atom is -0.378 e. The smallest absolute Gasteiger partial charge is 0.317 e. The summed E-state index contributed by atoms with van der Waals surface area (Å²) in [4.78, 5) is 27.0. The lowest BCUT2D eigenvalue weighted by atomic mass is 9.91. The molecule has 5 rings (SSSR count). The summed E-state index contributed by atoms with van der Waals surface area (Å²) in [5.41, 5.74) is 0.991. The van der Waals surface area contributed by atoms with Crippen molar-refractivity contribution in [3.05, 3.63) is 29.3 Å². The molecule has 3 aromatic rings. The van der Waals surface area contributed by atoms with E-state index in [9.17, 15) is 9.18 Å². The summed E-state index contributed by atoms with van der Waals surface area (Å²) in [6.45, 7) is 2.31. The lowest BCUT2D eigenvalue weighted by Gasteiger charge is -2.33. The van der Waals surface area contributed by atoms with E-state index in [0.29, 0.717) is 54.5 Å². The Balaban J connectivity index is 1.28. The van der Waals surface area contributed by atoms with Crippen LogP contribution in [-0.4, -0.2) is 74.5 Å². The molecule has 12 heteroatoms. The second-order valence-corrected chi connectivity index (χ2v) is 8.70. The number of rotatable bonds is 4. The predicted octanol–water partition coefficient (Wildman–Crippen LogP) is 2.97.